The maximum Gasteiger partial charge on any atom is 0.0393 e. The Morgan fingerprint density at radius 3 is 2.93 bits per heavy atom. The number of hydrogen-bond donors (Lipinski definition) is 1. The van der Waals surface area contributed by atoms with E-state index >= 15 is 0 Å². The average molecular weight is 192 g/mol. The van der Waals surface area contributed by atoms with Crippen LogP contribution in [0.5, 0.6) is 0 Å². The molecule has 0 bridgehead atoms. The van der Waals surface area contributed by atoms with Crippen LogP contribution in [0.2, 0.25) is 0 Å². The van der Waals surface area contributed by atoms with Crippen molar-refractivity contribution in [2.24, 2.45) is 0 Å². The zero-order chi connectivity index (χ0) is 10.4. The van der Waals surface area contributed by atoms with Crippen LogP contribution in [0, 0.1) is 6.92 Å². The smallest absolute Gasteiger partial charge is 0.0393 e. The fourth-order valence-electron chi connectivity index (χ4n) is 1.50. The minimum absolute atomic E-state index is 0.553. The summed E-state index contributed by atoms with van der Waals surface area (Å²) in [6, 6.07) is 4.66. The first-order valence-corrected chi connectivity index (χ1v) is 5.41. The van der Waals surface area contributed by atoms with Crippen molar-refractivity contribution in [1.82, 2.24) is 4.98 Å². The third-order valence-corrected chi connectivity index (χ3v) is 2.30. The van der Waals surface area contributed by atoms with E-state index in [-0.39, 0.29) is 0 Å². The molecule has 0 aromatic carbocycles. The predicted molar refractivity (Wildman–Crippen MR) is 61.6 cm³/mol. The van der Waals surface area contributed by atoms with Gasteiger partial charge in [0.05, 0.1) is 0 Å². The maximum absolute atomic E-state index is 4.17. The number of rotatable bonds is 5. The Morgan fingerprint density at radius 2 is 2.29 bits per heavy atom. The lowest BCUT2D eigenvalue weighted by Crippen LogP contribution is -2.14. The standard InChI is InChI=1S/C12H20N2/c1-4-5-6-10(2)14-12-7-8-13-11(3)9-12/h7-10H,4-6H2,1-3H3,(H,13,14). The second kappa shape index (κ2) is 5.63. The van der Waals surface area contributed by atoms with Gasteiger partial charge in [-0.3, -0.25) is 4.98 Å². The van der Waals surface area contributed by atoms with Crippen molar-refractivity contribution >= 4 is 5.69 Å². The highest BCUT2D eigenvalue weighted by atomic mass is 14.9. The number of aromatic nitrogens is 1. The van der Waals surface area contributed by atoms with E-state index in [9.17, 15) is 0 Å². The molecule has 0 aliphatic rings. The van der Waals surface area contributed by atoms with E-state index in [0.717, 1.165) is 5.69 Å². The van der Waals surface area contributed by atoms with Crippen molar-refractivity contribution < 1.29 is 0 Å². The van der Waals surface area contributed by atoms with Crippen LogP contribution in [-0.4, -0.2) is 11.0 Å². The molecular formula is C12H20N2. The number of pyridine rings is 1. The van der Waals surface area contributed by atoms with Gasteiger partial charge in [0.2, 0.25) is 0 Å². The van der Waals surface area contributed by atoms with E-state index in [0.29, 0.717) is 6.04 Å². The molecular weight excluding hydrogens is 172 g/mol. The molecule has 1 aromatic rings. The summed E-state index contributed by atoms with van der Waals surface area (Å²) in [5, 5.41) is 3.48. The average Bonchev–Trinajstić information content (AvgIpc) is 2.15. The van der Waals surface area contributed by atoms with Gasteiger partial charge in [-0.2, -0.15) is 0 Å². The molecule has 2 nitrogen and oxygen atoms in total. The Balaban J connectivity index is 2.43. The van der Waals surface area contributed by atoms with Gasteiger partial charge in [0.25, 0.3) is 0 Å². The van der Waals surface area contributed by atoms with Gasteiger partial charge in [0, 0.05) is 23.6 Å². The SMILES string of the molecule is CCCCC(C)Nc1ccnc(C)c1. The Hall–Kier alpha value is -1.05. The van der Waals surface area contributed by atoms with Crippen LogP contribution in [-0.2, 0) is 0 Å². The normalized spacial score (nSPS) is 12.5. The van der Waals surface area contributed by atoms with Crippen LogP contribution >= 0.6 is 0 Å². The summed E-state index contributed by atoms with van der Waals surface area (Å²) in [7, 11) is 0. The van der Waals surface area contributed by atoms with Crippen LogP contribution in [0.25, 0.3) is 0 Å². The monoisotopic (exact) mass is 192 g/mol. The second-order valence-electron chi connectivity index (χ2n) is 3.87. The second-order valence-corrected chi connectivity index (χ2v) is 3.87. The summed E-state index contributed by atoms with van der Waals surface area (Å²) in [6.07, 6.45) is 5.64. The van der Waals surface area contributed by atoms with Crippen molar-refractivity contribution in [2.75, 3.05) is 5.32 Å². The number of nitrogens with one attached hydrogen (secondary N) is 1. The summed E-state index contributed by atoms with van der Waals surface area (Å²) in [5.41, 5.74) is 2.25. The minimum Gasteiger partial charge on any atom is -0.382 e. The molecule has 0 radical (unpaired) electrons. The van der Waals surface area contributed by atoms with Gasteiger partial charge in [0.1, 0.15) is 0 Å². The van der Waals surface area contributed by atoms with Crippen LogP contribution in [0.4, 0.5) is 5.69 Å². The summed E-state index contributed by atoms with van der Waals surface area (Å²) in [4.78, 5) is 4.17. The molecule has 0 aliphatic carbocycles. The number of hydrogen-bond acceptors (Lipinski definition) is 2. The largest absolute Gasteiger partial charge is 0.382 e. The summed E-state index contributed by atoms with van der Waals surface area (Å²) >= 11 is 0. The molecule has 1 rings (SSSR count). The molecule has 1 atom stereocenters. The van der Waals surface area contributed by atoms with Crippen LogP contribution in [0.3, 0.4) is 0 Å². The predicted octanol–water partition coefficient (Wildman–Crippen LogP) is 3.38. The first kappa shape index (κ1) is 11.0. The van der Waals surface area contributed by atoms with E-state index in [1.54, 1.807) is 0 Å². The highest BCUT2D eigenvalue weighted by Gasteiger charge is 2.00. The highest BCUT2D eigenvalue weighted by molar-refractivity contribution is 5.43. The van der Waals surface area contributed by atoms with Crippen LogP contribution in [0.15, 0.2) is 18.3 Å². The fourth-order valence-corrected chi connectivity index (χ4v) is 1.50. The Bertz CT molecular complexity index is 271. The number of anilines is 1. The molecule has 0 saturated heterocycles. The topological polar surface area (TPSA) is 24.9 Å². The molecule has 1 N–H and O–H groups in total. The van der Waals surface area contributed by atoms with Crippen molar-refractivity contribution in [1.29, 1.82) is 0 Å². The third kappa shape index (κ3) is 3.77. The van der Waals surface area contributed by atoms with E-state index in [1.165, 1.54) is 24.9 Å². The van der Waals surface area contributed by atoms with Crippen molar-refractivity contribution in [3.8, 4) is 0 Å². The minimum atomic E-state index is 0.553. The molecule has 0 spiro atoms. The molecule has 0 saturated carbocycles. The van der Waals surface area contributed by atoms with Gasteiger partial charge in [-0.1, -0.05) is 19.8 Å². The van der Waals surface area contributed by atoms with Gasteiger partial charge in [-0.05, 0) is 32.4 Å². The molecule has 0 aliphatic heterocycles. The molecule has 1 unspecified atom stereocenters. The van der Waals surface area contributed by atoms with E-state index in [4.69, 9.17) is 0 Å². The van der Waals surface area contributed by atoms with Gasteiger partial charge in [-0.25, -0.2) is 0 Å². The van der Waals surface area contributed by atoms with Crippen molar-refractivity contribution in [3.05, 3.63) is 24.0 Å². The zero-order valence-electron chi connectivity index (χ0n) is 9.38. The third-order valence-electron chi connectivity index (χ3n) is 2.30. The lowest BCUT2D eigenvalue weighted by atomic mass is 10.1. The Labute approximate surface area is 86.8 Å². The van der Waals surface area contributed by atoms with Gasteiger partial charge in [0.15, 0.2) is 0 Å². The molecule has 1 heterocycles. The molecule has 78 valence electrons. The highest BCUT2D eigenvalue weighted by Crippen LogP contribution is 2.11. The maximum atomic E-state index is 4.17. The summed E-state index contributed by atoms with van der Waals surface area (Å²) < 4.78 is 0. The number of nitrogens with zero attached hydrogens (tertiary/aromatic N) is 1. The van der Waals surface area contributed by atoms with Gasteiger partial charge in [-0.15, -0.1) is 0 Å². The first-order valence-electron chi connectivity index (χ1n) is 5.41. The molecule has 2 heteroatoms. The Morgan fingerprint density at radius 1 is 1.50 bits per heavy atom. The summed E-state index contributed by atoms with van der Waals surface area (Å²) in [6.45, 7) is 6.47. The van der Waals surface area contributed by atoms with E-state index in [2.05, 4.69) is 30.2 Å². The fraction of sp³-hybridized carbons (Fsp3) is 0.583. The van der Waals surface area contributed by atoms with E-state index < -0.39 is 0 Å². The quantitative estimate of drug-likeness (QED) is 0.773. The molecule has 0 fully saturated rings. The molecule has 1 aromatic heterocycles. The molecule has 14 heavy (non-hydrogen) atoms. The van der Waals surface area contributed by atoms with Crippen molar-refractivity contribution in [2.45, 2.75) is 46.1 Å². The zero-order valence-corrected chi connectivity index (χ0v) is 9.38. The van der Waals surface area contributed by atoms with Crippen molar-refractivity contribution in [3.63, 3.8) is 0 Å². The number of unbranched alkanes of at least 4 members (excludes halogenated alkanes) is 1. The first-order chi connectivity index (χ1) is 6.72. The number of aryl methyl sites for hydroxylation is 1. The Kier molecular flexibility index (Phi) is 4.44. The summed E-state index contributed by atoms with van der Waals surface area (Å²) in [5.74, 6) is 0. The van der Waals surface area contributed by atoms with E-state index in [1.807, 2.05) is 19.2 Å². The van der Waals surface area contributed by atoms with Gasteiger partial charge < -0.3 is 5.32 Å². The van der Waals surface area contributed by atoms with Crippen LogP contribution in [0.1, 0.15) is 38.8 Å². The van der Waals surface area contributed by atoms with Gasteiger partial charge >= 0.3 is 0 Å². The lowest BCUT2D eigenvalue weighted by Gasteiger charge is -2.14. The molecule has 0 amide bonds. The lowest BCUT2D eigenvalue weighted by molar-refractivity contribution is 0.645. The van der Waals surface area contributed by atoms with Crippen LogP contribution < -0.4 is 5.32 Å².